The topological polar surface area (TPSA) is 109 Å². The van der Waals surface area contributed by atoms with E-state index >= 15 is 0 Å². The molecule has 0 aromatic heterocycles. The number of urea groups is 1. The van der Waals surface area contributed by atoms with Gasteiger partial charge in [0.15, 0.2) is 0 Å². The number of rotatable bonds is 6. The Balaban J connectivity index is 2.23. The normalized spacial score (nSPS) is 13.6. The molecule has 0 radical (unpaired) electrons. The molecule has 1 aromatic rings. The Kier molecular flexibility index (Phi) is 6.10. The van der Waals surface area contributed by atoms with E-state index in [1.54, 1.807) is 6.92 Å². The molecule has 0 saturated carbocycles. The second-order valence-electron chi connectivity index (χ2n) is 5.33. The first-order valence-corrected chi connectivity index (χ1v) is 7.76. The third-order valence-electron chi connectivity index (χ3n) is 3.40. The van der Waals surface area contributed by atoms with Crippen LogP contribution in [-0.2, 0) is 14.3 Å². The number of hydrogen-bond acceptors (Lipinski definition) is 5. The van der Waals surface area contributed by atoms with Crippen LogP contribution in [0.2, 0.25) is 0 Å². The van der Waals surface area contributed by atoms with E-state index in [-0.39, 0.29) is 42.3 Å². The molecule has 4 N–H and O–H groups in total. The summed E-state index contributed by atoms with van der Waals surface area (Å²) in [5.41, 5.74) is 0.0783. The fourth-order valence-corrected chi connectivity index (χ4v) is 2.25. The van der Waals surface area contributed by atoms with E-state index < -0.39 is 29.5 Å². The van der Waals surface area contributed by atoms with Crippen molar-refractivity contribution in [2.24, 2.45) is 0 Å². The van der Waals surface area contributed by atoms with Gasteiger partial charge >= 0.3 is 12.0 Å². The lowest BCUT2D eigenvalue weighted by Crippen LogP contribution is -2.45. The summed E-state index contributed by atoms with van der Waals surface area (Å²) in [5, 5.41) is 9.81. The number of nitrogens with one attached hydrogen (secondary N) is 4. The number of esters is 1. The molecule has 10 heteroatoms. The molecule has 0 fully saturated rings. The zero-order valence-electron chi connectivity index (χ0n) is 14.2. The van der Waals surface area contributed by atoms with Gasteiger partial charge in [0, 0.05) is 13.0 Å². The summed E-state index contributed by atoms with van der Waals surface area (Å²) < 4.78 is 32.5. The Morgan fingerprint density at radius 1 is 1.23 bits per heavy atom. The van der Waals surface area contributed by atoms with Crippen molar-refractivity contribution in [3.8, 4) is 0 Å². The van der Waals surface area contributed by atoms with Crippen molar-refractivity contribution in [1.29, 1.82) is 0 Å². The van der Waals surface area contributed by atoms with Gasteiger partial charge in [-0.3, -0.25) is 4.79 Å². The van der Waals surface area contributed by atoms with Crippen LogP contribution in [0.1, 0.15) is 13.8 Å². The van der Waals surface area contributed by atoms with E-state index in [4.69, 9.17) is 4.74 Å². The third kappa shape index (κ3) is 4.68. The number of carbonyl (C=O) groups excluding carboxylic acids is 3. The standard InChI is InChI=1S/C16H18F2N4O4/c1-3-26-15(24)9-6-20-16(25)22-14(9)7-19-12-5-13(21-8(2)23)11(18)4-10(12)17/h4-5,19H,3,6-7H2,1-2H3,(H,21,23)(H2,20,22,25). The van der Waals surface area contributed by atoms with E-state index in [2.05, 4.69) is 21.3 Å². The summed E-state index contributed by atoms with van der Waals surface area (Å²) in [6.07, 6.45) is 0. The predicted molar refractivity (Wildman–Crippen MR) is 89.3 cm³/mol. The van der Waals surface area contributed by atoms with Gasteiger partial charge in [-0.25, -0.2) is 18.4 Å². The van der Waals surface area contributed by atoms with Crippen molar-refractivity contribution in [2.75, 3.05) is 30.3 Å². The molecule has 3 amide bonds. The zero-order valence-corrected chi connectivity index (χ0v) is 14.2. The molecule has 0 unspecified atom stereocenters. The quantitative estimate of drug-likeness (QED) is 0.569. The molecule has 0 bridgehead atoms. The number of hydrogen-bond donors (Lipinski definition) is 4. The van der Waals surface area contributed by atoms with Crippen LogP contribution >= 0.6 is 0 Å². The lowest BCUT2D eigenvalue weighted by atomic mass is 10.1. The Hall–Kier alpha value is -3.17. The van der Waals surface area contributed by atoms with Gasteiger partial charge in [0.05, 0.1) is 42.3 Å². The van der Waals surface area contributed by atoms with Crippen LogP contribution < -0.4 is 21.3 Å². The Labute approximate surface area is 148 Å². The van der Waals surface area contributed by atoms with Crippen molar-refractivity contribution in [3.63, 3.8) is 0 Å². The largest absolute Gasteiger partial charge is 0.463 e. The fourth-order valence-electron chi connectivity index (χ4n) is 2.25. The summed E-state index contributed by atoms with van der Waals surface area (Å²) in [7, 11) is 0. The summed E-state index contributed by atoms with van der Waals surface area (Å²) in [6.45, 7) is 2.83. The molecule has 0 atom stereocenters. The van der Waals surface area contributed by atoms with E-state index in [9.17, 15) is 23.2 Å². The Morgan fingerprint density at radius 2 is 1.92 bits per heavy atom. The highest BCUT2D eigenvalue weighted by molar-refractivity contribution is 5.94. The highest BCUT2D eigenvalue weighted by Gasteiger charge is 2.23. The molecule has 1 aliphatic rings. The van der Waals surface area contributed by atoms with E-state index in [1.165, 1.54) is 6.92 Å². The maximum absolute atomic E-state index is 14.0. The smallest absolute Gasteiger partial charge is 0.337 e. The van der Waals surface area contributed by atoms with Crippen LogP contribution in [0.25, 0.3) is 0 Å². The van der Waals surface area contributed by atoms with Crippen LogP contribution in [0.3, 0.4) is 0 Å². The Morgan fingerprint density at radius 3 is 2.58 bits per heavy atom. The van der Waals surface area contributed by atoms with Gasteiger partial charge in [0.2, 0.25) is 5.91 Å². The fraction of sp³-hybridized carbons (Fsp3) is 0.312. The van der Waals surface area contributed by atoms with E-state index in [0.29, 0.717) is 6.07 Å². The van der Waals surface area contributed by atoms with Gasteiger partial charge in [0.25, 0.3) is 0 Å². The zero-order chi connectivity index (χ0) is 19.3. The van der Waals surface area contributed by atoms with Crippen LogP contribution in [0.4, 0.5) is 25.0 Å². The predicted octanol–water partition coefficient (Wildman–Crippen LogP) is 1.47. The molecule has 1 aliphatic heterocycles. The van der Waals surface area contributed by atoms with Crippen LogP contribution in [0, 0.1) is 11.6 Å². The molecule has 2 rings (SSSR count). The second-order valence-corrected chi connectivity index (χ2v) is 5.33. The first-order chi connectivity index (χ1) is 12.3. The molecule has 140 valence electrons. The minimum atomic E-state index is -0.926. The molecule has 1 aromatic carbocycles. The van der Waals surface area contributed by atoms with Crippen molar-refractivity contribution in [2.45, 2.75) is 13.8 Å². The number of halogens is 2. The van der Waals surface area contributed by atoms with Gasteiger partial charge in [0.1, 0.15) is 11.6 Å². The first kappa shape index (κ1) is 19.2. The highest BCUT2D eigenvalue weighted by Crippen LogP contribution is 2.24. The average Bonchev–Trinajstić information content (AvgIpc) is 2.56. The molecule has 0 saturated heterocycles. The van der Waals surface area contributed by atoms with Crippen LogP contribution in [0.5, 0.6) is 0 Å². The molecule has 0 spiro atoms. The van der Waals surface area contributed by atoms with Crippen molar-refractivity contribution >= 4 is 29.3 Å². The molecular weight excluding hydrogens is 350 g/mol. The highest BCUT2D eigenvalue weighted by atomic mass is 19.1. The summed E-state index contributed by atoms with van der Waals surface area (Å²) in [5.74, 6) is -2.95. The number of amides is 3. The minimum Gasteiger partial charge on any atom is -0.463 e. The monoisotopic (exact) mass is 368 g/mol. The summed E-state index contributed by atoms with van der Waals surface area (Å²) >= 11 is 0. The summed E-state index contributed by atoms with van der Waals surface area (Å²) in [4.78, 5) is 34.5. The van der Waals surface area contributed by atoms with Gasteiger partial charge in [-0.1, -0.05) is 0 Å². The van der Waals surface area contributed by atoms with Gasteiger partial charge in [-0.05, 0) is 13.0 Å². The first-order valence-electron chi connectivity index (χ1n) is 7.76. The van der Waals surface area contributed by atoms with Gasteiger partial charge in [-0.15, -0.1) is 0 Å². The maximum Gasteiger partial charge on any atom is 0.337 e. The third-order valence-corrected chi connectivity index (χ3v) is 3.40. The molecular formula is C16H18F2N4O4. The van der Waals surface area contributed by atoms with Crippen molar-refractivity contribution < 1.29 is 27.9 Å². The SMILES string of the molecule is CCOC(=O)C1=C(CNc2cc(NC(C)=O)c(F)cc2F)NC(=O)NC1. The molecule has 26 heavy (non-hydrogen) atoms. The molecule has 1 heterocycles. The van der Waals surface area contributed by atoms with Crippen molar-refractivity contribution in [1.82, 2.24) is 10.6 Å². The number of benzene rings is 1. The van der Waals surface area contributed by atoms with Crippen LogP contribution in [0.15, 0.2) is 23.4 Å². The van der Waals surface area contributed by atoms with Gasteiger partial charge < -0.3 is 26.0 Å². The summed E-state index contributed by atoms with van der Waals surface area (Å²) in [6, 6.07) is 1.18. The number of carbonyl (C=O) groups is 3. The van der Waals surface area contributed by atoms with Crippen molar-refractivity contribution in [3.05, 3.63) is 35.0 Å². The molecule has 8 nitrogen and oxygen atoms in total. The average molecular weight is 368 g/mol. The second kappa shape index (κ2) is 8.28. The van der Waals surface area contributed by atoms with E-state index in [0.717, 1.165) is 6.07 Å². The minimum absolute atomic E-state index is 0.0370. The number of anilines is 2. The lowest BCUT2D eigenvalue weighted by molar-refractivity contribution is -0.138. The molecule has 0 aliphatic carbocycles. The Bertz CT molecular complexity index is 780. The van der Waals surface area contributed by atoms with Crippen LogP contribution in [-0.4, -0.2) is 37.6 Å². The number of ether oxygens (including phenoxy) is 1. The lowest BCUT2D eigenvalue weighted by Gasteiger charge is -2.22. The van der Waals surface area contributed by atoms with Gasteiger partial charge in [-0.2, -0.15) is 0 Å². The van der Waals surface area contributed by atoms with E-state index in [1.807, 2.05) is 0 Å². The maximum atomic E-state index is 14.0.